The normalized spacial score (nSPS) is 12.8. The van der Waals surface area contributed by atoms with Crippen LogP contribution in [0.1, 0.15) is 43.9 Å². The topological polar surface area (TPSA) is 72.7 Å². The number of hydrogen-bond donors (Lipinski definition) is 1. The lowest BCUT2D eigenvalue weighted by Crippen LogP contribution is -2.34. The van der Waals surface area contributed by atoms with Gasteiger partial charge in [0, 0.05) is 18.0 Å². The van der Waals surface area contributed by atoms with Crippen molar-refractivity contribution in [2.75, 3.05) is 0 Å². The minimum Gasteiger partial charge on any atom is -0.348 e. The van der Waals surface area contributed by atoms with Gasteiger partial charge in [0.2, 0.25) is 5.91 Å². The molecule has 0 radical (unpaired) electrons. The number of nitrogens with one attached hydrogen (secondary N) is 1. The molecule has 0 fully saturated rings. The van der Waals surface area contributed by atoms with Crippen molar-refractivity contribution in [3.8, 4) is 11.4 Å². The number of carbonyl (C=O) groups is 1. The van der Waals surface area contributed by atoms with E-state index in [0.29, 0.717) is 11.7 Å². The van der Waals surface area contributed by atoms with Crippen LogP contribution >= 0.6 is 11.8 Å². The van der Waals surface area contributed by atoms with Crippen LogP contribution < -0.4 is 5.32 Å². The average Bonchev–Trinajstić information content (AvgIpc) is 3.27. The van der Waals surface area contributed by atoms with Crippen LogP contribution in [0, 0.1) is 0 Å². The molecule has 6 nitrogen and oxygen atoms in total. The van der Waals surface area contributed by atoms with E-state index in [0.717, 1.165) is 35.4 Å². The molecule has 0 aliphatic rings. The first-order valence-electron chi connectivity index (χ1n) is 11.5. The lowest BCUT2D eigenvalue weighted by atomic mass is 10.0. The van der Waals surface area contributed by atoms with Crippen molar-refractivity contribution in [3.63, 3.8) is 0 Å². The molecule has 0 saturated carbocycles. The smallest absolute Gasteiger partial charge is 0.233 e. The van der Waals surface area contributed by atoms with Gasteiger partial charge in [-0.25, -0.2) is 0 Å². The molecule has 7 heteroatoms. The van der Waals surface area contributed by atoms with Crippen molar-refractivity contribution < 1.29 is 4.79 Å². The summed E-state index contributed by atoms with van der Waals surface area (Å²) in [6.45, 7) is 4.66. The highest BCUT2D eigenvalue weighted by Crippen LogP contribution is 2.28. The number of hydrogen-bond acceptors (Lipinski definition) is 5. The van der Waals surface area contributed by atoms with Crippen molar-refractivity contribution >= 4 is 17.7 Å². The fraction of sp³-hybridized carbons (Fsp3) is 0.259. The third-order valence-electron chi connectivity index (χ3n) is 5.57. The minimum absolute atomic E-state index is 0.00473. The lowest BCUT2D eigenvalue weighted by Gasteiger charge is -2.21. The summed E-state index contributed by atoms with van der Waals surface area (Å²) in [5, 5.41) is 12.5. The minimum atomic E-state index is -0.330. The maximum Gasteiger partial charge on any atom is 0.233 e. The molecule has 2 aromatic carbocycles. The van der Waals surface area contributed by atoms with Crippen LogP contribution in [-0.2, 0) is 11.3 Å². The van der Waals surface area contributed by atoms with Gasteiger partial charge in [0.25, 0.3) is 0 Å². The van der Waals surface area contributed by atoms with Gasteiger partial charge < -0.3 is 5.32 Å². The Hall–Kier alpha value is -3.45. The molecule has 34 heavy (non-hydrogen) atoms. The fourth-order valence-corrected chi connectivity index (χ4v) is 4.65. The largest absolute Gasteiger partial charge is 0.348 e. The lowest BCUT2D eigenvalue weighted by molar-refractivity contribution is -0.121. The second-order valence-electron chi connectivity index (χ2n) is 8.14. The van der Waals surface area contributed by atoms with Crippen molar-refractivity contribution in [1.82, 2.24) is 25.1 Å². The van der Waals surface area contributed by atoms with Crippen molar-refractivity contribution in [2.24, 2.45) is 0 Å². The zero-order chi connectivity index (χ0) is 23.8. The Balaban J connectivity index is 1.55. The first kappa shape index (κ1) is 23.7. The average molecular weight is 472 g/mol. The van der Waals surface area contributed by atoms with Crippen LogP contribution in [0.2, 0.25) is 0 Å². The van der Waals surface area contributed by atoms with Crippen LogP contribution in [0.15, 0.2) is 90.3 Å². The molecule has 2 atom stereocenters. The molecule has 174 valence electrons. The molecule has 1 amide bonds. The zero-order valence-electron chi connectivity index (χ0n) is 19.5. The summed E-state index contributed by atoms with van der Waals surface area (Å²) < 4.78 is 2.06. The molecule has 0 bridgehead atoms. The van der Waals surface area contributed by atoms with Gasteiger partial charge in [-0.2, -0.15) is 0 Å². The standard InChI is InChI=1S/C27H29N5OS/c1-3-11-24(22-14-8-5-9-15-22)29-26(33)20(2)34-27-31-30-25(23-16-10-17-28-18-23)32(27)19-21-12-6-4-7-13-21/h4-10,12-18,20,24H,3,11,19H2,1-2H3,(H,29,33). The van der Waals surface area contributed by atoms with Gasteiger partial charge in [-0.3, -0.25) is 14.3 Å². The maximum atomic E-state index is 13.2. The molecule has 2 heterocycles. The van der Waals surface area contributed by atoms with E-state index in [-0.39, 0.29) is 17.2 Å². The van der Waals surface area contributed by atoms with E-state index < -0.39 is 0 Å². The van der Waals surface area contributed by atoms with Crippen LogP contribution in [0.3, 0.4) is 0 Å². The summed E-state index contributed by atoms with van der Waals surface area (Å²) >= 11 is 1.43. The summed E-state index contributed by atoms with van der Waals surface area (Å²) in [4.78, 5) is 17.4. The van der Waals surface area contributed by atoms with Gasteiger partial charge in [0.15, 0.2) is 11.0 Å². The van der Waals surface area contributed by atoms with Crippen LogP contribution in [0.4, 0.5) is 0 Å². The summed E-state index contributed by atoms with van der Waals surface area (Å²) in [7, 11) is 0. The molecular weight excluding hydrogens is 442 g/mol. The highest BCUT2D eigenvalue weighted by Gasteiger charge is 2.23. The predicted octanol–water partition coefficient (Wildman–Crippen LogP) is 5.53. The molecule has 2 aromatic heterocycles. The summed E-state index contributed by atoms with van der Waals surface area (Å²) in [5.74, 6) is 0.727. The van der Waals surface area contributed by atoms with E-state index >= 15 is 0 Å². The third-order valence-corrected chi connectivity index (χ3v) is 6.65. The Morgan fingerprint density at radius 2 is 1.74 bits per heavy atom. The van der Waals surface area contributed by atoms with Crippen LogP contribution in [0.25, 0.3) is 11.4 Å². The summed E-state index contributed by atoms with van der Waals surface area (Å²) in [6, 6.07) is 24.2. The first-order chi connectivity index (χ1) is 16.7. The number of nitrogens with zero attached hydrogens (tertiary/aromatic N) is 4. The fourth-order valence-electron chi connectivity index (χ4n) is 3.79. The van der Waals surface area contributed by atoms with Crippen LogP contribution in [-0.4, -0.2) is 30.9 Å². The Bertz CT molecular complexity index is 1180. The van der Waals surface area contributed by atoms with E-state index in [1.54, 1.807) is 12.4 Å². The van der Waals surface area contributed by atoms with E-state index in [9.17, 15) is 4.79 Å². The quantitative estimate of drug-likeness (QED) is 0.308. The molecule has 1 N–H and O–H groups in total. The van der Waals surface area contributed by atoms with Crippen molar-refractivity contribution in [3.05, 3.63) is 96.3 Å². The van der Waals surface area contributed by atoms with E-state index in [1.807, 2.05) is 55.5 Å². The van der Waals surface area contributed by atoms with Gasteiger partial charge in [-0.15, -0.1) is 10.2 Å². The van der Waals surface area contributed by atoms with Crippen molar-refractivity contribution in [1.29, 1.82) is 0 Å². The second-order valence-corrected chi connectivity index (χ2v) is 9.45. The number of thioether (sulfide) groups is 1. The van der Waals surface area contributed by atoms with Gasteiger partial charge in [-0.1, -0.05) is 85.8 Å². The maximum absolute atomic E-state index is 13.2. The van der Waals surface area contributed by atoms with Gasteiger partial charge in [0.1, 0.15) is 0 Å². The van der Waals surface area contributed by atoms with Crippen molar-refractivity contribution in [2.45, 2.75) is 49.7 Å². The molecule has 2 unspecified atom stereocenters. The Morgan fingerprint density at radius 1 is 1.00 bits per heavy atom. The van der Waals surface area contributed by atoms with E-state index in [1.165, 1.54) is 11.8 Å². The molecule has 4 aromatic rings. The van der Waals surface area contributed by atoms with Gasteiger partial charge in [-0.05, 0) is 36.6 Å². The number of benzene rings is 2. The highest BCUT2D eigenvalue weighted by molar-refractivity contribution is 8.00. The number of amides is 1. The van der Waals surface area contributed by atoms with Gasteiger partial charge >= 0.3 is 0 Å². The third kappa shape index (κ3) is 5.91. The number of aromatic nitrogens is 4. The predicted molar refractivity (Wildman–Crippen MR) is 136 cm³/mol. The molecule has 0 aliphatic carbocycles. The number of carbonyl (C=O) groups excluding carboxylic acids is 1. The summed E-state index contributed by atoms with van der Waals surface area (Å²) in [6.07, 6.45) is 5.40. The Kier molecular flexibility index (Phi) is 8.09. The molecular formula is C27H29N5OS. The molecule has 0 saturated heterocycles. The highest BCUT2D eigenvalue weighted by atomic mass is 32.2. The van der Waals surface area contributed by atoms with Crippen LogP contribution in [0.5, 0.6) is 0 Å². The van der Waals surface area contributed by atoms with Gasteiger partial charge in [0.05, 0.1) is 17.8 Å². The molecule has 0 spiro atoms. The molecule has 4 rings (SSSR count). The molecule has 0 aliphatic heterocycles. The first-order valence-corrected chi connectivity index (χ1v) is 12.4. The number of rotatable bonds is 10. The Morgan fingerprint density at radius 3 is 2.41 bits per heavy atom. The second kappa shape index (κ2) is 11.6. The zero-order valence-corrected chi connectivity index (χ0v) is 20.3. The number of pyridine rings is 1. The van der Waals surface area contributed by atoms with E-state index in [2.05, 4.69) is 56.3 Å². The van der Waals surface area contributed by atoms with E-state index in [4.69, 9.17) is 0 Å². The Labute approximate surface area is 204 Å². The monoisotopic (exact) mass is 471 g/mol. The summed E-state index contributed by atoms with van der Waals surface area (Å²) in [5.41, 5.74) is 3.15. The SMILES string of the molecule is CCCC(NC(=O)C(C)Sc1nnc(-c2cccnc2)n1Cc1ccccc1)c1ccccc1.